The second-order valence-corrected chi connectivity index (χ2v) is 10.2. The lowest BCUT2D eigenvalue weighted by atomic mass is 10.2. The van der Waals surface area contributed by atoms with Gasteiger partial charge < -0.3 is 9.47 Å². The van der Waals surface area contributed by atoms with E-state index in [9.17, 15) is 18.0 Å². The fraction of sp³-hybridized carbons (Fsp3) is 0. The highest BCUT2D eigenvalue weighted by Crippen LogP contribution is 2.26. The Kier molecular flexibility index (Phi) is 8.42. The molecule has 8 nitrogen and oxygen atoms in total. The molecule has 0 radical (unpaired) electrons. The molecule has 0 saturated carbocycles. The summed E-state index contributed by atoms with van der Waals surface area (Å²) in [6.07, 6.45) is 1.16. The van der Waals surface area contributed by atoms with Crippen LogP contribution in [0.15, 0.2) is 107 Å². The molecule has 192 valence electrons. The van der Waals surface area contributed by atoms with E-state index in [2.05, 4.69) is 9.93 Å². The molecule has 0 saturated heterocycles. The van der Waals surface area contributed by atoms with Crippen molar-refractivity contribution in [1.82, 2.24) is 4.83 Å². The van der Waals surface area contributed by atoms with Gasteiger partial charge in [-0.05, 0) is 72.8 Å². The van der Waals surface area contributed by atoms with E-state index in [1.54, 1.807) is 30.3 Å². The number of hydrogen-bond acceptors (Lipinski definition) is 7. The number of carbonyl (C=O) groups is 2. The molecule has 11 heteroatoms. The Morgan fingerprint density at radius 2 is 1.29 bits per heavy atom. The lowest BCUT2D eigenvalue weighted by molar-refractivity contribution is 0.0732. The molecule has 0 aliphatic carbocycles. The summed E-state index contributed by atoms with van der Waals surface area (Å²) in [4.78, 5) is 27.4. The van der Waals surface area contributed by atoms with Gasteiger partial charge in [-0.1, -0.05) is 41.4 Å². The lowest BCUT2D eigenvalue weighted by Gasteiger charge is -2.11. The number of halogens is 2. The number of ether oxygens (including phenoxy) is 2. The molecule has 0 unspecified atom stereocenters. The van der Waals surface area contributed by atoms with Crippen LogP contribution in [0, 0.1) is 0 Å². The highest BCUT2D eigenvalue weighted by atomic mass is 35.5. The summed E-state index contributed by atoms with van der Waals surface area (Å²) in [7, 11) is -3.92. The minimum Gasteiger partial charge on any atom is -0.423 e. The van der Waals surface area contributed by atoms with Crippen molar-refractivity contribution in [2.24, 2.45) is 5.10 Å². The fourth-order valence-electron chi connectivity index (χ4n) is 3.09. The van der Waals surface area contributed by atoms with Crippen molar-refractivity contribution >= 4 is 51.4 Å². The Morgan fingerprint density at radius 1 is 0.737 bits per heavy atom. The van der Waals surface area contributed by atoms with Gasteiger partial charge >= 0.3 is 11.9 Å². The second-order valence-electron chi connectivity index (χ2n) is 7.66. The molecule has 4 rings (SSSR count). The number of hydrazone groups is 1. The Labute approximate surface area is 228 Å². The third-order valence-corrected chi connectivity index (χ3v) is 6.73. The lowest BCUT2D eigenvalue weighted by Crippen LogP contribution is -2.18. The van der Waals surface area contributed by atoms with Crippen LogP contribution in [0.1, 0.15) is 26.3 Å². The van der Waals surface area contributed by atoms with Crippen LogP contribution < -0.4 is 14.3 Å². The molecular formula is C27H18Cl2N2O6S. The SMILES string of the molecule is O=C(Oc1ccc(C=NNS(=O)(=O)c2ccccc2)c(OC(=O)c2ccc(Cl)cc2)c1)c1ccc(Cl)cc1. The summed E-state index contributed by atoms with van der Waals surface area (Å²) in [5.74, 6) is -1.34. The molecule has 0 aliphatic heterocycles. The monoisotopic (exact) mass is 568 g/mol. The number of carbonyl (C=O) groups excluding carboxylic acids is 2. The summed E-state index contributed by atoms with van der Waals surface area (Å²) in [5.41, 5.74) is 0.704. The minimum absolute atomic E-state index is 0.0241. The van der Waals surface area contributed by atoms with Crippen LogP contribution in [0.25, 0.3) is 0 Å². The molecule has 0 heterocycles. The summed E-state index contributed by atoms with van der Waals surface area (Å²) < 4.78 is 35.8. The third kappa shape index (κ3) is 6.98. The van der Waals surface area contributed by atoms with Gasteiger partial charge in [0, 0.05) is 21.7 Å². The van der Waals surface area contributed by atoms with Crippen molar-refractivity contribution in [2.75, 3.05) is 0 Å². The van der Waals surface area contributed by atoms with Crippen LogP contribution in [0.2, 0.25) is 10.0 Å². The maximum atomic E-state index is 12.7. The van der Waals surface area contributed by atoms with Crippen LogP contribution in [-0.2, 0) is 10.0 Å². The van der Waals surface area contributed by atoms with Gasteiger partial charge in [0.05, 0.1) is 22.2 Å². The van der Waals surface area contributed by atoms with E-state index in [1.807, 2.05) is 0 Å². The van der Waals surface area contributed by atoms with E-state index < -0.39 is 22.0 Å². The van der Waals surface area contributed by atoms with E-state index in [-0.39, 0.29) is 33.1 Å². The molecule has 38 heavy (non-hydrogen) atoms. The van der Waals surface area contributed by atoms with Gasteiger partial charge in [0.25, 0.3) is 10.0 Å². The first kappa shape index (κ1) is 26.9. The number of nitrogens with one attached hydrogen (secondary N) is 1. The van der Waals surface area contributed by atoms with Crippen molar-refractivity contribution < 1.29 is 27.5 Å². The van der Waals surface area contributed by atoms with Gasteiger partial charge in [0.15, 0.2) is 0 Å². The third-order valence-electron chi connectivity index (χ3n) is 4.99. The Balaban J connectivity index is 1.59. The topological polar surface area (TPSA) is 111 Å². The smallest absolute Gasteiger partial charge is 0.343 e. The maximum Gasteiger partial charge on any atom is 0.343 e. The highest BCUT2D eigenvalue weighted by molar-refractivity contribution is 7.89. The van der Waals surface area contributed by atoms with Crippen molar-refractivity contribution in [1.29, 1.82) is 0 Å². The Morgan fingerprint density at radius 3 is 1.87 bits per heavy atom. The zero-order valence-electron chi connectivity index (χ0n) is 19.4. The van der Waals surface area contributed by atoms with Crippen LogP contribution in [0.5, 0.6) is 11.5 Å². The molecule has 0 fully saturated rings. The van der Waals surface area contributed by atoms with Crippen molar-refractivity contribution in [3.8, 4) is 11.5 Å². The molecule has 0 spiro atoms. The van der Waals surface area contributed by atoms with Gasteiger partial charge in [-0.25, -0.2) is 14.4 Å². The number of rotatable bonds is 8. The molecule has 4 aromatic rings. The first-order chi connectivity index (χ1) is 18.2. The van der Waals surface area contributed by atoms with E-state index in [0.29, 0.717) is 10.0 Å². The summed E-state index contributed by atoms with van der Waals surface area (Å²) in [5, 5.41) is 4.70. The van der Waals surface area contributed by atoms with Gasteiger partial charge in [-0.2, -0.15) is 13.5 Å². The van der Waals surface area contributed by atoms with Gasteiger partial charge in [0.2, 0.25) is 0 Å². The van der Waals surface area contributed by atoms with Gasteiger partial charge in [0.1, 0.15) is 11.5 Å². The molecule has 1 N–H and O–H groups in total. The Hall–Kier alpha value is -4.18. The van der Waals surface area contributed by atoms with E-state index in [1.165, 1.54) is 66.7 Å². The Bertz CT molecular complexity index is 1590. The standard InChI is InChI=1S/C27H18Cl2N2O6S/c28-21-11-6-18(7-12-21)26(32)36-23-15-10-20(17-30-31-38(34,35)24-4-2-1-3-5-24)25(16-23)37-27(33)19-8-13-22(29)14-9-19/h1-17,31H. The maximum absolute atomic E-state index is 12.7. The van der Waals surface area contributed by atoms with Crippen molar-refractivity contribution in [3.63, 3.8) is 0 Å². The molecule has 0 aliphatic rings. The first-order valence-electron chi connectivity index (χ1n) is 10.9. The molecule has 0 bridgehead atoms. The van der Waals surface area contributed by atoms with Gasteiger partial charge in [-0.15, -0.1) is 0 Å². The number of hydrogen-bond donors (Lipinski definition) is 1. The highest BCUT2D eigenvalue weighted by Gasteiger charge is 2.16. The van der Waals surface area contributed by atoms with E-state index in [4.69, 9.17) is 32.7 Å². The molecule has 0 aromatic heterocycles. The number of nitrogens with zero attached hydrogens (tertiary/aromatic N) is 1. The van der Waals surface area contributed by atoms with Gasteiger partial charge in [-0.3, -0.25) is 0 Å². The number of benzene rings is 4. The largest absolute Gasteiger partial charge is 0.423 e. The average Bonchev–Trinajstić information content (AvgIpc) is 2.91. The van der Waals surface area contributed by atoms with Crippen molar-refractivity contribution in [3.05, 3.63) is 124 Å². The van der Waals surface area contributed by atoms with Crippen LogP contribution in [0.4, 0.5) is 0 Å². The predicted molar refractivity (Wildman–Crippen MR) is 144 cm³/mol. The molecule has 0 amide bonds. The summed E-state index contributed by atoms with van der Waals surface area (Å²) in [6, 6.07) is 24.0. The fourth-order valence-corrected chi connectivity index (χ4v) is 4.15. The molecule has 0 atom stereocenters. The first-order valence-corrected chi connectivity index (χ1v) is 13.1. The van der Waals surface area contributed by atoms with Crippen LogP contribution >= 0.6 is 23.2 Å². The van der Waals surface area contributed by atoms with E-state index in [0.717, 1.165) is 6.21 Å². The zero-order chi connectivity index (χ0) is 27.1. The number of sulfonamides is 1. The van der Waals surface area contributed by atoms with Crippen LogP contribution in [0.3, 0.4) is 0 Å². The summed E-state index contributed by atoms with van der Waals surface area (Å²) >= 11 is 11.8. The van der Waals surface area contributed by atoms with Crippen LogP contribution in [-0.4, -0.2) is 26.6 Å². The second kappa shape index (κ2) is 11.9. The molecular weight excluding hydrogens is 551 g/mol. The normalized spacial score (nSPS) is 11.2. The minimum atomic E-state index is -3.92. The number of esters is 2. The quantitative estimate of drug-likeness (QED) is 0.125. The zero-order valence-corrected chi connectivity index (χ0v) is 21.7. The molecule has 4 aromatic carbocycles. The summed E-state index contributed by atoms with van der Waals surface area (Å²) in [6.45, 7) is 0. The van der Waals surface area contributed by atoms with E-state index >= 15 is 0 Å². The predicted octanol–water partition coefficient (Wildman–Crippen LogP) is 5.74. The average molecular weight is 569 g/mol. The van der Waals surface area contributed by atoms with Crippen molar-refractivity contribution in [2.45, 2.75) is 4.90 Å².